The van der Waals surface area contributed by atoms with Gasteiger partial charge in [0.2, 0.25) is 0 Å². The molecule has 3 nitrogen and oxygen atoms in total. The lowest BCUT2D eigenvalue weighted by molar-refractivity contribution is -0.127. The third-order valence-corrected chi connectivity index (χ3v) is 2.74. The van der Waals surface area contributed by atoms with Gasteiger partial charge < -0.3 is 10.4 Å². The first-order valence-corrected chi connectivity index (χ1v) is 6.10. The second kappa shape index (κ2) is 5.87. The molecule has 0 bridgehead atoms. The quantitative estimate of drug-likeness (QED) is 0.906. The smallest absolute Gasteiger partial charge is 0.393 e. The van der Waals surface area contributed by atoms with Gasteiger partial charge in [0.05, 0.1) is 12.0 Å². The Kier molecular flexibility index (Phi) is 4.16. The lowest BCUT2D eigenvalue weighted by Gasteiger charge is -2.10. The number of phenols is 1. The van der Waals surface area contributed by atoms with E-state index in [1.807, 2.05) is 0 Å². The summed E-state index contributed by atoms with van der Waals surface area (Å²) in [5, 5.41) is 12.3. The molecule has 0 atom stereocenters. The van der Waals surface area contributed by atoms with Crippen LogP contribution in [0.1, 0.15) is 15.9 Å². The molecule has 6 heteroatoms. The number of amides is 1. The average Bonchev–Trinajstić information content (AvgIpc) is 2.37. The zero-order valence-electron chi connectivity index (χ0n) is 10.8. The zero-order valence-corrected chi connectivity index (χ0v) is 10.8. The molecular weight excluding hydrogens is 283 g/mol. The summed E-state index contributed by atoms with van der Waals surface area (Å²) in [6, 6.07) is 11.8. The summed E-state index contributed by atoms with van der Waals surface area (Å²) in [5.41, 5.74) is 0.349. The highest BCUT2D eigenvalue weighted by Gasteiger charge is 2.28. The summed E-state index contributed by atoms with van der Waals surface area (Å²) in [7, 11) is 0. The number of aromatic hydroxyl groups is 1. The van der Waals surface area contributed by atoms with Crippen LogP contribution in [0.3, 0.4) is 0 Å². The van der Waals surface area contributed by atoms with E-state index in [1.54, 1.807) is 30.3 Å². The van der Waals surface area contributed by atoms with Crippen LogP contribution >= 0.6 is 0 Å². The number of carbonyl (C=O) groups is 1. The molecule has 2 N–H and O–H groups in total. The molecule has 0 aliphatic carbocycles. The highest BCUT2D eigenvalue weighted by Crippen LogP contribution is 2.26. The standard InChI is InChI=1S/C15H12F3NO2/c16-15(17,18)9-10-6-7-12(13(20)8-10)14(21)19-11-4-2-1-3-5-11/h1-8,20H,9H2,(H,19,21). The lowest BCUT2D eigenvalue weighted by atomic mass is 10.1. The Morgan fingerprint density at radius 2 is 1.76 bits per heavy atom. The van der Waals surface area contributed by atoms with E-state index in [1.165, 1.54) is 12.1 Å². The Hall–Kier alpha value is -2.50. The number of benzene rings is 2. The lowest BCUT2D eigenvalue weighted by Crippen LogP contribution is -2.14. The Morgan fingerprint density at radius 3 is 2.33 bits per heavy atom. The number of para-hydroxylation sites is 1. The van der Waals surface area contributed by atoms with Crippen molar-refractivity contribution in [3.8, 4) is 5.75 Å². The molecule has 0 unspecified atom stereocenters. The first-order valence-electron chi connectivity index (χ1n) is 6.10. The van der Waals surface area contributed by atoms with Crippen LogP contribution in [0.4, 0.5) is 18.9 Å². The average molecular weight is 295 g/mol. The summed E-state index contributed by atoms with van der Waals surface area (Å²) in [5.74, 6) is -1.07. The van der Waals surface area contributed by atoms with E-state index >= 15 is 0 Å². The van der Waals surface area contributed by atoms with Crippen molar-refractivity contribution in [3.05, 3.63) is 59.7 Å². The minimum absolute atomic E-state index is 0.0789. The molecule has 0 aliphatic rings. The van der Waals surface area contributed by atoms with Crippen LogP contribution in [0, 0.1) is 0 Å². The minimum Gasteiger partial charge on any atom is -0.507 e. The zero-order chi connectivity index (χ0) is 15.5. The van der Waals surface area contributed by atoms with Gasteiger partial charge in [0.15, 0.2) is 0 Å². The van der Waals surface area contributed by atoms with E-state index in [-0.39, 0.29) is 11.1 Å². The summed E-state index contributed by atoms with van der Waals surface area (Å²) in [6.07, 6.45) is -5.51. The SMILES string of the molecule is O=C(Nc1ccccc1)c1ccc(CC(F)(F)F)cc1O. The molecule has 2 aromatic rings. The molecule has 21 heavy (non-hydrogen) atoms. The number of anilines is 1. The van der Waals surface area contributed by atoms with Gasteiger partial charge in [-0.05, 0) is 29.8 Å². The van der Waals surface area contributed by atoms with E-state index in [9.17, 15) is 23.1 Å². The van der Waals surface area contributed by atoms with Crippen molar-refractivity contribution in [1.82, 2.24) is 0 Å². The third-order valence-electron chi connectivity index (χ3n) is 2.74. The van der Waals surface area contributed by atoms with Gasteiger partial charge in [-0.25, -0.2) is 0 Å². The maximum Gasteiger partial charge on any atom is 0.393 e. The fraction of sp³-hybridized carbons (Fsp3) is 0.133. The highest BCUT2D eigenvalue weighted by molar-refractivity contribution is 6.06. The number of hydrogen-bond acceptors (Lipinski definition) is 2. The second-order valence-electron chi connectivity index (χ2n) is 4.46. The Morgan fingerprint density at radius 1 is 1.10 bits per heavy atom. The van der Waals surface area contributed by atoms with Gasteiger partial charge in [-0.2, -0.15) is 13.2 Å². The van der Waals surface area contributed by atoms with Gasteiger partial charge in [0.25, 0.3) is 5.91 Å². The number of alkyl halides is 3. The van der Waals surface area contributed by atoms with Crippen LogP contribution in [-0.2, 0) is 6.42 Å². The molecule has 0 radical (unpaired) electrons. The Balaban J connectivity index is 2.15. The molecule has 0 saturated heterocycles. The predicted molar refractivity (Wildman–Crippen MR) is 72.3 cm³/mol. The molecule has 0 aliphatic heterocycles. The molecule has 2 aromatic carbocycles. The minimum atomic E-state index is -4.36. The van der Waals surface area contributed by atoms with Crippen molar-refractivity contribution in [2.45, 2.75) is 12.6 Å². The van der Waals surface area contributed by atoms with Gasteiger partial charge in [-0.3, -0.25) is 4.79 Å². The number of nitrogens with one attached hydrogen (secondary N) is 1. The normalized spacial score (nSPS) is 11.2. The number of halogens is 3. The van der Waals surface area contributed by atoms with Gasteiger partial charge in [-0.1, -0.05) is 24.3 Å². The summed E-state index contributed by atoms with van der Waals surface area (Å²) < 4.78 is 36.8. The predicted octanol–water partition coefficient (Wildman–Crippen LogP) is 3.75. The van der Waals surface area contributed by atoms with Crippen molar-refractivity contribution < 1.29 is 23.1 Å². The Labute approximate surface area is 119 Å². The molecule has 110 valence electrons. The topological polar surface area (TPSA) is 49.3 Å². The maximum absolute atomic E-state index is 12.3. The summed E-state index contributed by atoms with van der Waals surface area (Å²) in [6.45, 7) is 0. The van der Waals surface area contributed by atoms with Crippen molar-refractivity contribution >= 4 is 11.6 Å². The van der Waals surface area contributed by atoms with E-state index in [2.05, 4.69) is 5.32 Å². The fourth-order valence-electron chi connectivity index (χ4n) is 1.83. The van der Waals surface area contributed by atoms with Crippen molar-refractivity contribution in [2.75, 3.05) is 5.32 Å². The van der Waals surface area contributed by atoms with E-state index in [0.29, 0.717) is 5.69 Å². The maximum atomic E-state index is 12.3. The third kappa shape index (κ3) is 4.24. The van der Waals surface area contributed by atoms with Gasteiger partial charge in [-0.15, -0.1) is 0 Å². The van der Waals surface area contributed by atoms with Crippen molar-refractivity contribution in [3.63, 3.8) is 0 Å². The number of carbonyl (C=O) groups excluding carboxylic acids is 1. The molecule has 0 fully saturated rings. The summed E-state index contributed by atoms with van der Waals surface area (Å²) in [4.78, 5) is 11.9. The van der Waals surface area contributed by atoms with Crippen LogP contribution < -0.4 is 5.32 Å². The van der Waals surface area contributed by atoms with Crippen molar-refractivity contribution in [2.24, 2.45) is 0 Å². The van der Waals surface area contributed by atoms with Gasteiger partial charge in [0.1, 0.15) is 5.75 Å². The number of hydrogen-bond donors (Lipinski definition) is 2. The first kappa shape index (κ1) is 14.9. The summed E-state index contributed by atoms with van der Waals surface area (Å²) >= 11 is 0. The monoisotopic (exact) mass is 295 g/mol. The number of phenolic OH excluding ortho intramolecular Hbond substituents is 1. The molecular formula is C15H12F3NO2. The largest absolute Gasteiger partial charge is 0.507 e. The molecule has 0 spiro atoms. The van der Waals surface area contributed by atoms with Crippen molar-refractivity contribution in [1.29, 1.82) is 0 Å². The van der Waals surface area contributed by atoms with Crippen LogP contribution in [0.15, 0.2) is 48.5 Å². The van der Waals surface area contributed by atoms with Gasteiger partial charge in [0, 0.05) is 5.69 Å². The molecule has 2 rings (SSSR count). The van der Waals surface area contributed by atoms with E-state index in [4.69, 9.17) is 0 Å². The Bertz CT molecular complexity index is 639. The van der Waals surface area contributed by atoms with Crippen LogP contribution in [0.5, 0.6) is 5.75 Å². The van der Waals surface area contributed by atoms with Crippen LogP contribution in [-0.4, -0.2) is 17.2 Å². The molecule has 1 amide bonds. The molecule has 0 aromatic heterocycles. The number of rotatable bonds is 3. The molecule has 0 heterocycles. The van der Waals surface area contributed by atoms with Gasteiger partial charge >= 0.3 is 6.18 Å². The fourth-order valence-corrected chi connectivity index (χ4v) is 1.83. The van der Waals surface area contributed by atoms with E-state index < -0.39 is 24.3 Å². The van der Waals surface area contributed by atoms with E-state index in [0.717, 1.165) is 6.07 Å². The highest BCUT2D eigenvalue weighted by atomic mass is 19.4. The van der Waals surface area contributed by atoms with Crippen LogP contribution in [0.2, 0.25) is 0 Å². The van der Waals surface area contributed by atoms with Crippen LogP contribution in [0.25, 0.3) is 0 Å². The molecule has 0 saturated carbocycles. The second-order valence-corrected chi connectivity index (χ2v) is 4.46. The first-order chi connectivity index (χ1) is 9.85.